The fourth-order valence-electron chi connectivity index (χ4n) is 1.14. The number of hydrogen-bond acceptors (Lipinski definition) is 3. The van der Waals surface area contributed by atoms with E-state index in [1.54, 1.807) is 0 Å². The summed E-state index contributed by atoms with van der Waals surface area (Å²) in [7, 11) is 0. The normalized spacial score (nSPS) is 10.2. The number of ether oxygens (including phenoxy) is 1. The van der Waals surface area contributed by atoms with Crippen LogP contribution in [0.5, 0.6) is 11.8 Å². The molecule has 0 N–H and O–H groups in total. The molecule has 16 heavy (non-hydrogen) atoms. The van der Waals surface area contributed by atoms with Crippen LogP contribution in [0, 0.1) is 6.92 Å². The molecule has 0 atom stereocenters. The highest BCUT2D eigenvalue weighted by Gasteiger charge is 2.02. The summed E-state index contributed by atoms with van der Waals surface area (Å²) < 4.78 is 6.51. The van der Waals surface area contributed by atoms with E-state index in [4.69, 9.17) is 16.3 Å². The molecule has 5 heteroatoms. The van der Waals surface area contributed by atoms with Gasteiger partial charge in [-0.3, -0.25) is 0 Å². The quantitative estimate of drug-likeness (QED) is 0.841. The van der Waals surface area contributed by atoms with Gasteiger partial charge in [-0.1, -0.05) is 27.5 Å². The molecule has 0 aliphatic rings. The van der Waals surface area contributed by atoms with Crippen LogP contribution >= 0.6 is 27.5 Å². The summed E-state index contributed by atoms with van der Waals surface area (Å²) in [6.07, 6.45) is 2.99. The molecular weight excluding hydrogens is 291 g/mol. The fourth-order valence-corrected chi connectivity index (χ4v) is 1.48. The highest BCUT2D eigenvalue weighted by atomic mass is 79.9. The Morgan fingerprint density at radius 1 is 1.25 bits per heavy atom. The number of benzene rings is 1. The fraction of sp³-hybridized carbons (Fsp3) is 0.0909. The zero-order valence-corrected chi connectivity index (χ0v) is 10.8. The average Bonchev–Trinajstić information content (AvgIpc) is 2.27. The van der Waals surface area contributed by atoms with Crippen molar-refractivity contribution in [1.82, 2.24) is 9.97 Å². The topological polar surface area (TPSA) is 35.0 Å². The van der Waals surface area contributed by atoms with Crippen LogP contribution in [0.25, 0.3) is 0 Å². The summed E-state index contributed by atoms with van der Waals surface area (Å²) in [5.74, 6) is 0.697. The van der Waals surface area contributed by atoms with Crippen molar-refractivity contribution in [2.24, 2.45) is 0 Å². The Labute approximate surface area is 107 Å². The third-order valence-electron chi connectivity index (χ3n) is 1.94. The smallest absolute Gasteiger partial charge is 0.321 e. The SMILES string of the molecule is Cc1cc(Oc2ncc(Cl)cn2)ccc1Br. The summed E-state index contributed by atoms with van der Waals surface area (Å²) in [5, 5.41) is 0.485. The van der Waals surface area contributed by atoms with Crippen LogP contribution in [0.2, 0.25) is 5.02 Å². The largest absolute Gasteiger partial charge is 0.424 e. The number of hydrogen-bond donors (Lipinski definition) is 0. The first kappa shape index (κ1) is 11.4. The molecule has 0 aliphatic carbocycles. The Hall–Kier alpha value is -1.13. The first-order chi connectivity index (χ1) is 7.65. The summed E-state index contributed by atoms with van der Waals surface area (Å²) in [6, 6.07) is 5.95. The molecule has 2 aromatic rings. The van der Waals surface area contributed by atoms with E-state index in [2.05, 4.69) is 25.9 Å². The maximum absolute atomic E-state index is 5.67. The van der Waals surface area contributed by atoms with Crippen LogP contribution in [0.4, 0.5) is 0 Å². The molecule has 3 nitrogen and oxygen atoms in total. The number of halogens is 2. The van der Waals surface area contributed by atoms with E-state index < -0.39 is 0 Å². The van der Waals surface area contributed by atoms with Crippen molar-refractivity contribution in [3.8, 4) is 11.8 Å². The molecule has 82 valence electrons. The Balaban J connectivity index is 2.20. The predicted octanol–water partition coefficient (Wildman–Crippen LogP) is 3.99. The maximum Gasteiger partial charge on any atom is 0.321 e. The summed E-state index contributed by atoms with van der Waals surface area (Å²) in [4.78, 5) is 7.90. The molecule has 0 saturated carbocycles. The van der Waals surface area contributed by atoms with E-state index in [1.165, 1.54) is 12.4 Å². The molecule has 0 fully saturated rings. The van der Waals surface area contributed by atoms with Gasteiger partial charge in [0.2, 0.25) is 0 Å². The highest BCUT2D eigenvalue weighted by molar-refractivity contribution is 9.10. The lowest BCUT2D eigenvalue weighted by Crippen LogP contribution is -1.91. The van der Waals surface area contributed by atoms with Gasteiger partial charge in [-0.15, -0.1) is 0 Å². The minimum atomic E-state index is 0.283. The third-order valence-corrected chi connectivity index (χ3v) is 3.02. The van der Waals surface area contributed by atoms with Crippen molar-refractivity contribution < 1.29 is 4.74 Å². The molecule has 1 aromatic heterocycles. The van der Waals surface area contributed by atoms with Crippen molar-refractivity contribution in [3.63, 3.8) is 0 Å². The van der Waals surface area contributed by atoms with Crippen LogP contribution in [0.15, 0.2) is 35.1 Å². The van der Waals surface area contributed by atoms with Crippen molar-refractivity contribution in [2.45, 2.75) is 6.92 Å². The molecule has 0 amide bonds. The molecule has 0 spiro atoms. The lowest BCUT2D eigenvalue weighted by molar-refractivity contribution is 0.441. The van der Waals surface area contributed by atoms with Crippen LogP contribution in [0.1, 0.15) is 5.56 Å². The molecule has 0 unspecified atom stereocenters. The lowest BCUT2D eigenvalue weighted by Gasteiger charge is -2.05. The monoisotopic (exact) mass is 298 g/mol. The minimum Gasteiger partial charge on any atom is -0.424 e. The van der Waals surface area contributed by atoms with Crippen LogP contribution in [-0.2, 0) is 0 Å². The second kappa shape index (κ2) is 4.80. The van der Waals surface area contributed by atoms with Gasteiger partial charge in [0.15, 0.2) is 0 Å². The highest BCUT2D eigenvalue weighted by Crippen LogP contribution is 2.24. The number of aryl methyl sites for hydroxylation is 1. The number of rotatable bonds is 2. The first-order valence-corrected chi connectivity index (χ1v) is 5.74. The van der Waals surface area contributed by atoms with Gasteiger partial charge in [-0.2, -0.15) is 0 Å². The Morgan fingerprint density at radius 3 is 2.56 bits per heavy atom. The molecule has 1 aromatic carbocycles. The van der Waals surface area contributed by atoms with Gasteiger partial charge < -0.3 is 4.74 Å². The number of nitrogens with zero attached hydrogens (tertiary/aromatic N) is 2. The molecule has 0 saturated heterocycles. The Bertz CT molecular complexity index is 502. The van der Waals surface area contributed by atoms with Crippen LogP contribution < -0.4 is 4.74 Å². The summed E-state index contributed by atoms with van der Waals surface area (Å²) in [5.41, 5.74) is 1.09. The maximum atomic E-state index is 5.67. The average molecular weight is 300 g/mol. The molecule has 0 bridgehead atoms. The zero-order chi connectivity index (χ0) is 11.5. The van der Waals surface area contributed by atoms with Gasteiger partial charge in [-0.25, -0.2) is 9.97 Å². The summed E-state index contributed by atoms with van der Waals surface area (Å²) >= 11 is 9.09. The predicted molar refractivity (Wildman–Crippen MR) is 66.0 cm³/mol. The van der Waals surface area contributed by atoms with E-state index in [1.807, 2.05) is 25.1 Å². The van der Waals surface area contributed by atoms with Crippen molar-refractivity contribution in [2.75, 3.05) is 0 Å². The van der Waals surface area contributed by atoms with Gasteiger partial charge in [0.1, 0.15) is 5.75 Å². The van der Waals surface area contributed by atoms with E-state index in [9.17, 15) is 0 Å². The molecule has 0 radical (unpaired) electrons. The van der Waals surface area contributed by atoms with Gasteiger partial charge in [0.25, 0.3) is 0 Å². The van der Waals surface area contributed by atoms with E-state index >= 15 is 0 Å². The van der Waals surface area contributed by atoms with Crippen molar-refractivity contribution >= 4 is 27.5 Å². The van der Waals surface area contributed by atoms with Crippen LogP contribution in [-0.4, -0.2) is 9.97 Å². The Kier molecular flexibility index (Phi) is 3.41. The van der Waals surface area contributed by atoms with Gasteiger partial charge >= 0.3 is 6.01 Å². The van der Waals surface area contributed by atoms with E-state index in [0.29, 0.717) is 10.8 Å². The molecule has 2 rings (SSSR count). The summed E-state index contributed by atoms with van der Waals surface area (Å²) in [6.45, 7) is 1.99. The van der Waals surface area contributed by atoms with Crippen LogP contribution in [0.3, 0.4) is 0 Å². The second-order valence-electron chi connectivity index (χ2n) is 3.20. The van der Waals surface area contributed by atoms with Crippen molar-refractivity contribution in [1.29, 1.82) is 0 Å². The molecule has 1 heterocycles. The number of aromatic nitrogens is 2. The minimum absolute atomic E-state index is 0.283. The standard InChI is InChI=1S/C11H8BrClN2O/c1-7-4-9(2-3-10(7)12)16-11-14-5-8(13)6-15-11/h2-6H,1H3. The molecule has 0 aliphatic heterocycles. The van der Waals surface area contributed by atoms with Gasteiger partial charge in [-0.05, 0) is 30.7 Å². The van der Waals surface area contributed by atoms with E-state index in [0.717, 1.165) is 10.0 Å². The van der Waals surface area contributed by atoms with Gasteiger partial charge in [0.05, 0.1) is 17.4 Å². The second-order valence-corrected chi connectivity index (χ2v) is 4.49. The first-order valence-electron chi connectivity index (χ1n) is 4.57. The Morgan fingerprint density at radius 2 is 1.94 bits per heavy atom. The third kappa shape index (κ3) is 2.71. The van der Waals surface area contributed by atoms with E-state index in [-0.39, 0.29) is 6.01 Å². The zero-order valence-electron chi connectivity index (χ0n) is 8.45. The lowest BCUT2D eigenvalue weighted by atomic mass is 10.2. The van der Waals surface area contributed by atoms with Gasteiger partial charge in [0, 0.05) is 4.47 Å². The van der Waals surface area contributed by atoms with Crippen molar-refractivity contribution in [3.05, 3.63) is 45.7 Å². The molecular formula is C11H8BrClN2O.